The average molecular weight is 557 g/mol. The summed E-state index contributed by atoms with van der Waals surface area (Å²) in [5.74, 6) is 0.582. The van der Waals surface area contributed by atoms with Gasteiger partial charge in [-0.2, -0.15) is 0 Å². The molecule has 2 saturated heterocycles. The second-order valence-corrected chi connectivity index (χ2v) is 13.5. The van der Waals surface area contributed by atoms with Crippen LogP contribution in [-0.2, 0) is 10.0 Å². The third-order valence-electron chi connectivity index (χ3n) is 7.67. The number of halogens is 3. The van der Waals surface area contributed by atoms with Crippen molar-refractivity contribution in [3.05, 3.63) is 63.1 Å². The minimum absolute atomic E-state index is 0.103. The Hall–Kier alpha value is -1.02. The van der Waals surface area contributed by atoms with E-state index >= 15 is 0 Å². The molecule has 3 fully saturated rings. The van der Waals surface area contributed by atoms with Gasteiger partial charge < -0.3 is 4.90 Å². The number of hydrogen-bond acceptors (Lipinski definition) is 4. The molecule has 2 aliphatic heterocycles. The summed E-state index contributed by atoms with van der Waals surface area (Å²) < 4.78 is 26.8. The number of rotatable bonds is 7. The molecular weight excluding hydrogens is 525 g/mol. The molecule has 35 heavy (non-hydrogen) atoms. The summed E-state index contributed by atoms with van der Waals surface area (Å²) in [5, 5.41) is 1.93. The minimum atomic E-state index is -3.04. The summed E-state index contributed by atoms with van der Waals surface area (Å²) in [7, 11) is -3.04. The third kappa shape index (κ3) is 5.94. The van der Waals surface area contributed by atoms with Crippen molar-refractivity contribution in [1.82, 2.24) is 9.21 Å². The van der Waals surface area contributed by atoms with E-state index in [1.165, 1.54) is 5.56 Å². The van der Waals surface area contributed by atoms with E-state index in [0.717, 1.165) is 69.0 Å². The molecule has 0 amide bonds. The van der Waals surface area contributed by atoms with Gasteiger partial charge in [0.2, 0.25) is 10.0 Å². The standard InChI is InChI=1S/C26H32Cl3N3O2S/c27-21-3-1-20(2-4-21)26-18-30(15-16-32(26)25-8-5-22(28)17-24(25)29)12-9-19-10-13-31(14-11-19)35(33,34)23-6-7-23/h1-5,8,17,19,23,26H,6-7,9-16,18H2. The molecule has 0 aromatic heterocycles. The van der Waals surface area contributed by atoms with Crippen LogP contribution in [0.4, 0.5) is 5.69 Å². The molecule has 1 atom stereocenters. The van der Waals surface area contributed by atoms with Crippen LogP contribution in [0.25, 0.3) is 0 Å². The zero-order valence-corrected chi connectivity index (χ0v) is 22.8. The molecule has 3 aliphatic rings. The molecule has 0 bridgehead atoms. The number of sulfonamides is 1. The van der Waals surface area contributed by atoms with Crippen molar-refractivity contribution in [2.45, 2.75) is 43.4 Å². The zero-order chi connectivity index (χ0) is 24.6. The van der Waals surface area contributed by atoms with Crippen LogP contribution in [0.15, 0.2) is 42.5 Å². The van der Waals surface area contributed by atoms with E-state index in [1.807, 2.05) is 24.3 Å². The number of anilines is 1. The normalized spacial score (nSPS) is 23.1. The lowest BCUT2D eigenvalue weighted by molar-refractivity contribution is 0.188. The quantitative estimate of drug-likeness (QED) is 0.413. The number of piperazine rings is 1. The van der Waals surface area contributed by atoms with Crippen LogP contribution < -0.4 is 4.90 Å². The average Bonchev–Trinajstić information content (AvgIpc) is 3.70. The molecule has 1 aliphatic carbocycles. The summed E-state index contributed by atoms with van der Waals surface area (Å²) in [4.78, 5) is 4.91. The predicted molar refractivity (Wildman–Crippen MR) is 145 cm³/mol. The number of hydrogen-bond donors (Lipinski definition) is 0. The summed E-state index contributed by atoms with van der Waals surface area (Å²) in [5.41, 5.74) is 2.21. The Labute approximate surface area is 224 Å². The zero-order valence-electron chi connectivity index (χ0n) is 19.8. The van der Waals surface area contributed by atoms with Gasteiger partial charge in [0.15, 0.2) is 0 Å². The van der Waals surface area contributed by atoms with Crippen LogP contribution in [0.5, 0.6) is 0 Å². The summed E-state index contributed by atoms with van der Waals surface area (Å²) in [6.45, 7) is 5.10. The van der Waals surface area contributed by atoms with Gasteiger partial charge in [0.1, 0.15) is 0 Å². The monoisotopic (exact) mass is 555 g/mol. The second-order valence-electron chi connectivity index (χ2n) is 10.0. The molecule has 2 aromatic rings. The Morgan fingerprint density at radius 3 is 2.17 bits per heavy atom. The van der Waals surface area contributed by atoms with Gasteiger partial charge in [-0.1, -0.05) is 46.9 Å². The molecule has 0 radical (unpaired) electrons. The fourth-order valence-corrected chi connectivity index (χ4v) is 7.93. The lowest BCUT2D eigenvalue weighted by Gasteiger charge is -2.44. The van der Waals surface area contributed by atoms with Gasteiger partial charge >= 0.3 is 0 Å². The Morgan fingerprint density at radius 1 is 0.829 bits per heavy atom. The molecule has 2 heterocycles. The summed E-state index contributed by atoms with van der Waals surface area (Å²) >= 11 is 18.9. The number of piperidine rings is 1. The first kappa shape index (κ1) is 25.6. The van der Waals surface area contributed by atoms with Crippen LogP contribution in [0.1, 0.15) is 43.7 Å². The molecular formula is C26H32Cl3N3O2S. The van der Waals surface area contributed by atoms with E-state index < -0.39 is 10.0 Å². The van der Waals surface area contributed by atoms with E-state index in [1.54, 1.807) is 10.4 Å². The highest BCUT2D eigenvalue weighted by atomic mass is 35.5. The molecule has 1 saturated carbocycles. The van der Waals surface area contributed by atoms with Gasteiger partial charge in [-0.05, 0) is 80.5 Å². The van der Waals surface area contributed by atoms with Gasteiger partial charge in [-0.3, -0.25) is 4.90 Å². The molecule has 0 spiro atoms. The molecule has 5 rings (SSSR count). The Morgan fingerprint density at radius 2 is 1.51 bits per heavy atom. The fourth-order valence-electron chi connectivity index (χ4n) is 5.41. The molecule has 1 unspecified atom stereocenters. The SMILES string of the molecule is O=S(=O)(C1CC1)N1CCC(CCN2CCN(c3ccc(Cl)cc3Cl)C(c3ccc(Cl)cc3)C2)CC1. The van der Waals surface area contributed by atoms with Gasteiger partial charge in [0.05, 0.1) is 22.0 Å². The Kier molecular flexibility index (Phi) is 7.88. The molecule has 2 aromatic carbocycles. The van der Waals surface area contributed by atoms with Gasteiger partial charge in [-0.15, -0.1) is 0 Å². The third-order valence-corrected chi connectivity index (χ3v) is 10.9. The van der Waals surface area contributed by atoms with Crippen molar-refractivity contribution >= 4 is 50.5 Å². The largest absolute Gasteiger partial charge is 0.361 e. The van der Waals surface area contributed by atoms with Crippen LogP contribution in [0.2, 0.25) is 15.1 Å². The van der Waals surface area contributed by atoms with Crippen molar-refractivity contribution in [2.75, 3.05) is 44.2 Å². The van der Waals surface area contributed by atoms with E-state index in [9.17, 15) is 8.42 Å². The lowest BCUT2D eigenvalue weighted by Crippen LogP contribution is -2.49. The summed E-state index contributed by atoms with van der Waals surface area (Å²) in [6.07, 6.45) is 4.71. The molecule has 0 N–H and O–H groups in total. The van der Waals surface area contributed by atoms with Gasteiger partial charge in [0.25, 0.3) is 0 Å². The number of nitrogens with zero attached hydrogens (tertiary/aromatic N) is 3. The highest BCUT2D eigenvalue weighted by Gasteiger charge is 2.41. The molecule has 190 valence electrons. The Balaban J connectivity index is 1.22. The van der Waals surface area contributed by atoms with Gasteiger partial charge in [-0.25, -0.2) is 12.7 Å². The van der Waals surface area contributed by atoms with Crippen LogP contribution in [-0.4, -0.2) is 62.1 Å². The predicted octanol–water partition coefficient (Wildman–Crippen LogP) is 6.10. The van der Waals surface area contributed by atoms with E-state index in [2.05, 4.69) is 21.9 Å². The highest BCUT2D eigenvalue weighted by Crippen LogP contribution is 2.37. The topological polar surface area (TPSA) is 43.9 Å². The second kappa shape index (κ2) is 10.8. The highest BCUT2D eigenvalue weighted by molar-refractivity contribution is 7.90. The minimum Gasteiger partial charge on any atom is -0.361 e. The van der Waals surface area contributed by atoms with E-state index in [-0.39, 0.29) is 11.3 Å². The first-order chi connectivity index (χ1) is 16.8. The Bertz CT molecular complexity index is 1130. The van der Waals surface area contributed by atoms with Crippen molar-refractivity contribution in [1.29, 1.82) is 0 Å². The van der Waals surface area contributed by atoms with Crippen LogP contribution in [0, 0.1) is 5.92 Å². The number of benzene rings is 2. The van der Waals surface area contributed by atoms with E-state index in [0.29, 0.717) is 29.1 Å². The van der Waals surface area contributed by atoms with Crippen molar-refractivity contribution < 1.29 is 8.42 Å². The molecule has 9 heteroatoms. The van der Waals surface area contributed by atoms with E-state index in [4.69, 9.17) is 34.8 Å². The maximum atomic E-state index is 12.5. The first-order valence-corrected chi connectivity index (χ1v) is 15.1. The summed E-state index contributed by atoms with van der Waals surface area (Å²) in [6, 6.07) is 14.0. The maximum Gasteiger partial charge on any atom is 0.216 e. The molecule has 5 nitrogen and oxygen atoms in total. The first-order valence-electron chi connectivity index (χ1n) is 12.5. The van der Waals surface area contributed by atoms with Crippen LogP contribution in [0.3, 0.4) is 0 Å². The van der Waals surface area contributed by atoms with Crippen molar-refractivity contribution in [3.8, 4) is 0 Å². The lowest BCUT2D eigenvalue weighted by atomic mass is 9.94. The van der Waals surface area contributed by atoms with Crippen molar-refractivity contribution in [2.24, 2.45) is 5.92 Å². The van der Waals surface area contributed by atoms with Gasteiger partial charge in [0, 0.05) is 42.8 Å². The fraction of sp³-hybridized carbons (Fsp3) is 0.538. The van der Waals surface area contributed by atoms with Crippen LogP contribution >= 0.6 is 34.8 Å². The maximum absolute atomic E-state index is 12.5. The van der Waals surface area contributed by atoms with Crippen molar-refractivity contribution in [3.63, 3.8) is 0 Å². The smallest absolute Gasteiger partial charge is 0.216 e.